The van der Waals surface area contributed by atoms with Crippen LogP contribution in [0, 0.1) is 17.6 Å². The van der Waals surface area contributed by atoms with Gasteiger partial charge in [-0.05, 0) is 25.0 Å². The smallest absolute Gasteiger partial charge is 0.251 e. The highest BCUT2D eigenvalue weighted by Gasteiger charge is 2.50. The molecule has 2 aliphatic heterocycles. The fourth-order valence-electron chi connectivity index (χ4n) is 3.35. The van der Waals surface area contributed by atoms with Crippen LogP contribution in [-0.4, -0.2) is 42.3 Å². The second kappa shape index (κ2) is 7.26. The number of sulfone groups is 1. The summed E-state index contributed by atoms with van der Waals surface area (Å²) in [4.78, 5) is 18.1. The Labute approximate surface area is 155 Å². The Morgan fingerprint density at radius 2 is 2.00 bits per heavy atom. The quantitative estimate of drug-likeness (QED) is 0.775. The number of thioether (sulfide) groups is 1. The van der Waals surface area contributed by atoms with Crippen molar-refractivity contribution in [1.29, 1.82) is 0 Å². The molecule has 0 unspecified atom stereocenters. The fraction of sp³-hybridized carbons (Fsp3) is 0.529. The molecule has 0 aliphatic carbocycles. The first kappa shape index (κ1) is 19.3. The minimum absolute atomic E-state index is 0.0413. The molecule has 0 N–H and O–H groups in total. The van der Waals surface area contributed by atoms with Gasteiger partial charge in [0.1, 0.15) is 11.6 Å². The van der Waals surface area contributed by atoms with Crippen molar-refractivity contribution in [3.63, 3.8) is 0 Å². The summed E-state index contributed by atoms with van der Waals surface area (Å²) < 4.78 is 51.6. The van der Waals surface area contributed by atoms with Crippen LogP contribution in [0.2, 0.25) is 0 Å². The molecular weight excluding hydrogens is 382 g/mol. The van der Waals surface area contributed by atoms with Crippen molar-refractivity contribution in [2.75, 3.05) is 16.4 Å². The van der Waals surface area contributed by atoms with Gasteiger partial charge in [-0.3, -0.25) is 4.79 Å². The monoisotopic (exact) mass is 402 g/mol. The molecule has 1 aromatic carbocycles. The summed E-state index contributed by atoms with van der Waals surface area (Å²) in [6.07, 6.45) is 1.28. The molecule has 3 rings (SSSR count). The van der Waals surface area contributed by atoms with Crippen LogP contribution in [0.3, 0.4) is 0 Å². The Morgan fingerprint density at radius 1 is 1.31 bits per heavy atom. The predicted molar refractivity (Wildman–Crippen MR) is 99.2 cm³/mol. The van der Waals surface area contributed by atoms with Gasteiger partial charge in [-0.15, -0.1) is 0 Å². The Bertz CT molecular complexity index is 854. The number of benzene rings is 1. The number of hydrogen-bond donors (Lipinski definition) is 0. The van der Waals surface area contributed by atoms with E-state index >= 15 is 0 Å². The average molecular weight is 402 g/mol. The average Bonchev–Trinajstić information content (AvgIpc) is 3.00. The van der Waals surface area contributed by atoms with Crippen molar-refractivity contribution in [1.82, 2.24) is 0 Å². The third-order valence-corrected chi connectivity index (χ3v) is 7.99. The number of halogens is 2. The summed E-state index contributed by atoms with van der Waals surface area (Å²) in [6.45, 7) is 3.79. The minimum Gasteiger partial charge on any atom is -0.313 e. The molecule has 1 aromatic rings. The molecule has 0 saturated carbocycles. The minimum atomic E-state index is -3.24. The van der Waals surface area contributed by atoms with Crippen LogP contribution in [0.15, 0.2) is 23.2 Å². The summed E-state index contributed by atoms with van der Waals surface area (Å²) in [7, 11) is -3.24. The van der Waals surface area contributed by atoms with Crippen LogP contribution in [0.1, 0.15) is 26.7 Å². The van der Waals surface area contributed by atoms with E-state index in [1.165, 1.54) is 22.7 Å². The lowest BCUT2D eigenvalue weighted by molar-refractivity contribution is -0.121. The zero-order valence-corrected chi connectivity index (χ0v) is 16.1. The normalized spacial score (nSPS) is 25.9. The zero-order valence-electron chi connectivity index (χ0n) is 14.5. The number of aliphatic imine (C=N–C) groups is 1. The van der Waals surface area contributed by atoms with E-state index < -0.39 is 27.5 Å². The predicted octanol–water partition coefficient (Wildman–Crippen LogP) is 3.00. The molecule has 1 amide bonds. The van der Waals surface area contributed by atoms with Crippen molar-refractivity contribution < 1.29 is 22.0 Å². The third kappa shape index (κ3) is 3.64. The van der Waals surface area contributed by atoms with Crippen LogP contribution in [-0.2, 0) is 14.6 Å². The van der Waals surface area contributed by atoms with E-state index in [4.69, 9.17) is 0 Å². The highest BCUT2D eigenvalue weighted by atomic mass is 32.2. The van der Waals surface area contributed by atoms with E-state index in [1.807, 2.05) is 13.8 Å². The summed E-state index contributed by atoms with van der Waals surface area (Å²) in [5, 5.41) is -0.0324. The van der Waals surface area contributed by atoms with Crippen molar-refractivity contribution in [2.45, 2.75) is 38.0 Å². The van der Waals surface area contributed by atoms with Gasteiger partial charge >= 0.3 is 0 Å². The second-order valence-electron chi connectivity index (χ2n) is 6.51. The first-order valence-corrected chi connectivity index (χ1v) is 11.2. The molecule has 0 spiro atoms. The maximum Gasteiger partial charge on any atom is 0.251 e. The highest BCUT2D eigenvalue weighted by molar-refractivity contribution is 8.16. The lowest BCUT2D eigenvalue weighted by Crippen LogP contribution is -2.38. The molecule has 142 valence electrons. The van der Waals surface area contributed by atoms with Crippen LogP contribution >= 0.6 is 11.8 Å². The number of hydrogen-bond acceptors (Lipinski definition) is 4. The molecule has 26 heavy (non-hydrogen) atoms. The first-order valence-electron chi connectivity index (χ1n) is 8.49. The topological polar surface area (TPSA) is 66.8 Å². The summed E-state index contributed by atoms with van der Waals surface area (Å²) in [6, 6.07) is 2.60. The third-order valence-electron chi connectivity index (χ3n) is 4.78. The number of nitrogens with zero attached hydrogens (tertiary/aromatic N) is 2. The van der Waals surface area contributed by atoms with E-state index in [0.717, 1.165) is 12.1 Å². The molecule has 0 bridgehead atoms. The van der Waals surface area contributed by atoms with Gasteiger partial charge in [0.05, 0.1) is 23.2 Å². The summed E-state index contributed by atoms with van der Waals surface area (Å²) >= 11 is 1.18. The Kier molecular flexibility index (Phi) is 5.39. The van der Waals surface area contributed by atoms with E-state index in [9.17, 15) is 22.0 Å². The van der Waals surface area contributed by atoms with E-state index in [2.05, 4.69) is 4.99 Å². The van der Waals surface area contributed by atoms with Gasteiger partial charge in [0, 0.05) is 17.2 Å². The lowest BCUT2D eigenvalue weighted by atomic mass is 10.0. The van der Waals surface area contributed by atoms with Gasteiger partial charge in [0.15, 0.2) is 15.0 Å². The highest BCUT2D eigenvalue weighted by Crippen LogP contribution is 2.42. The number of amides is 1. The molecule has 2 fully saturated rings. The molecule has 2 atom stereocenters. The second-order valence-corrected chi connectivity index (χ2v) is 9.87. The molecule has 9 heteroatoms. The summed E-state index contributed by atoms with van der Waals surface area (Å²) in [5.74, 6) is -2.24. The maximum absolute atomic E-state index is 14.4. The Balaban J connectivity index is 2.02. The fourth-order valence-corrected chi connectivity index (χ4v) is 7.26. The Morgan fingerprint density at radius 3 is 2.62 bits per heavy atom. The number of rotatable bonds is 4. The van der Waals surface area contributed by atoms with E-state index in [1.54, 1.807) is 0 Å². The number of carbonyl (C=O) groups is 1. The van der Waals surface area contributed by atoms with Gasteiger partial charge in [-0.1, -0.05) is 25.6 Å². The number of anilines is 1. The Hall–Kier alpha value is -1.48. The molecule has 0 radical (unpaired) electrons. The number of fused-ring (bicyclic) bond motifs is 1. The van der Waals surface area contributed by atoms with E-state index in [0.29, 0.717) is 12.8 Å². The first-order chi connectivity index (χ1) is 12.3. The van der Waals surface area contributed by atoms with Gasteiger partial charge in [-0.2, -0.15) is 4.99 Å². The van der Waals surface area contributed by atoms with Crippen LogP contribution < -0.4 is 4.90 Å². The standard InChI is InChI=1S/C17H20F2N2O3S2/c1-3-10(4-2)16(22)20-17-21(13-6-5-11(18)7-12(13)19)14-8-26(23,24)9-15(14)25-17/h5-7,10,14-15H,3-4,8-9H2,1-2H3/t14-,15-/m0/s1. The van der Waals surface area contributed by atoms with Crippen molar-refractivity contribution >= 4 is 38.4 Å². The number of carbonyl (C=O) groups excluding carboxylic acids is 1. The SMILES string of the molecule is CCC(CC)C(=O)N=C1S[C@H]2CS(=O)(=O)C[C@@H]2N1c1ccc(F)cc1F. The van der Waals surface area contributed by atoms with Gasteiger partial charge in [0.25, 0.3) is 5.91 Å². The lowest BCUT2D eigenvalue weighted by Gasteiger charge is -2.25. The number of amidine groups is 1. The molecule has 0 aromatic heterocycles. The molecule has 2 heterocycles. The van der Waals surface area contributed by atoms with Crippen LogP contribution in [0.25, 0.3) is 0 Å². The van der Waals surface area contributed by atoms with Crippen molar-refractivity contribution in [3.8, 4) is 0 Å². The zero-order chi connectivity index (χ0) is 19.1. The largest absolute Gasteiger partial charge is 0.313 e. The molecular formula is C17H20F2N2O3S2. The van der Waals surface area contributed by atoms with Crippen molar-refractivity contribution in [2.24, 2.45) is 10.9 Å². The van der Waals surface area contributed by atoms with E-state index in [-0.39, 0.29) is 39.4 Å². The van der Waals surface area contributed by atoms with Gasteiger partial charge in [-0.25, -0.2) is 17.2 Å². The summed E-state index contributed by atoms with van der Waals surface area (Å²) in [5.41, 5.74) is 0.0413. The van der Waals surface area contributed by atoms with Gasteiger partial charge in [0.2, 0.25) is 0 Å². The van der Waals surface area contributed by atoms with Crippen LogP contribution in [0.4, 0.5) is 14.5 Å². The molecule has 5 nitrogen and oxygen atoms in total. The molecule has 2 aliphatic rings. The van der Waals surface area contributed by atoms with Crippen LogP contribution in [0.5, 0.6) is 0 Å². The van der Waals surface area contributed by atoms with Gasteiger partial charge < -0.3 is 4.90 Å². The molecule has 2 saturated heterocycles. The maximum atomic E-state index is 14.4. The van der Waals surface area contributed by atoms with Crippen molar-refractivity contribution in [3.05, 3.63) is 29.8 Å².